The Morgan fingerprint density at radius 3 is 2.53 bits per heavy atom. The second-order valence-electron chi connectivity index (χ2n) is 7.26. The predicted molar refractivity (Wildman–Crippen MR) is 120 cm³/mol. The molecular weight excluding hydrogens is 468 g/mol. The van der Waals surface area contributed by atoms with Crippen molar-refractivity contribution in [3.63, 3.8) is 0 Å². The van der Waals surface area contributed by atoms with E-state index in [1.165, 1.54) is 6.07 Å². The summed E-state index contributed by atoms with van der Waals surface area (Å²) in [6, 6.07) is 8.30. The molecule has 0 saturated heterocycles. The fourth-order valence-corrected chi connectivity index (χ4v) is 4.35. The average molecular weight is 489 g/mol. The maximum absolute atomic E-state index is 15.0. The van der Waals surface area contributed by atoms with E-state index >= 15 is 0 Å². The van der Waals surface area contributed by atoms with E-state index < -0.39 is 40.7 Å². The predicted octanol–water partition coefficient (Wildman–Crippen LogP) is 6.24. The fourth-order valence-electron chi connectivity index (χ4n) is 3.36. The van der Waals surface area contributed by atoms with E-state index in [1.807, 2.05) is 0 Å². The number of anilines is 1. The van der Waals surface area contributed by atoms with Crippen LogP contribution in [0.1, 0.15) is 24.2 Å². The number of aryl methyl sites for hydroxylation is 1. The Morgan fingerprint density at radius 2 is 1.88 bits per heavy atom. The lowest BCUT2D eigenvalue weighted by molar-refractivity contribution is -0.256. The van der Waals surface area contributed by atoms with Gasteiger partial charge in [0.05, 0.1) is 16.6 Å². The summed E-state index contributed by atoms with van der Waals surface area (Å²) in [4.78, 5) is 4.36. The normalized spacial score (nSPS) is 14.9. The van der Waals surface area contributed by atoms with Crippen molar-refractivity contribution in [2.75, 3.05) is 16.8 Å². The summed E-state index contributed by atoms with van der Waals surface area (Å²) in [5.74, 6) is -2.78. The van der Waals surface area contributed by atoms with Crippen molar-refractivity contribution in [3.8, 4) is 5.75 Å². The minimum absolute atomic E-state index is 0.220. The number of nitrogens with one attached hydrogen (secondary N) is 1. The number of pyridine rings is 1. The van der Waals surface area contributed by atoms with Crippen molar-refractivity contribution < 1.29 is 27.8 Å². The third-order valence-corrected chi connectivity index (χ3v) is 6.43. The van der Waals surface area contributed by atoms with Crippen LogP contribution in [0.2, 0.25) is 5.02 Å². The molecule has 0 fully saturated rings. The highest BCUT2D eigenvalue weighted by Gasteiger charge is 2.59. The first-order chi connectivity index (χ1) is 15.0. The Kier molecular flexibility index (Phi) is 7.12. The summed E-state index contributed by atoms with van der Waals surface area (Å²) in [6.07, 6.45) is -5.12. The number of nitrogens with zero attached hydrogens (tertiary/aromatic N) is 1. The van der Waals surface area contributed by atoms with Crippen molar-refractivity contribution >= 4 is 40.0 Å². The van der Waals surface area contributed by atoms with E-state index in [0.717, 1.165) is 23.9 Å². The van der Waals surface area contributed by atoms with E-state index in [0.29, 0.717) is 22.3 Å². The third-order valence-electron chi connectivity index (χ3n) is 5.07. The molecule has 0 aliphatic carbocycles. The van der Waals surface area contributed by atoms with Crippen LogP contribution >= 0.6 is 23.4 Å². The Bertz CT molecular complexity index is 1130. The number of hydrogen-bond donors (Lipinski definition) is 3. The van der Waals surface area contributed by atoms with Gasteiger partial charge in [-0.05, 0) is 43.0 Å². The summed E-state index contributed by atoms with van der Waals surface area (Å²) >= 11 is 6.58. The second-order valence-corrected chi connectivity index (χ2v) is 8.94. The van der Waals surface area contributed by atoms with Crippen molar-refractivity contribution in [1.82, 2.24) is 4.98 Å². The first-order valence-corrected chi connectivity index (χ1v) is 11.2. The number of hydrogen-bond acceptors (Lipinski definition) is 5. The van der Waals surface area contributed by atoms with Crippen LogP contribution in [0.15, 0.2) is 42.5 Å². The van der Waals surface area contributed by atoms with Crippen LogP contribution in [0.3, 0.4) is 0 Å². The standard InChI is InChI=1S/C22H21ClF4N2O2S/c1-3-32-11-21(31,22(25,26)27)20(14-9-10-15(23)19(30)18(14)24)29-17-6-4-5-16-13(17)8-7-12(2)28-16/h4-10,20,29-31H,3,11H2,1-2H3/t20-,21-/m1/s1. The van der Waals surface area contributed by atoms with Gasteiger partial charge in [0.1, 0.15) is 0 Å². The van der Waals surface area contributed by atoms with Gasteiger partial charge in [0.25, 0.3) is 0 Å². The highest BCUT2D eigenvalue weighted by molar-refractivity contribution is 7.99. The average Bonchev–Trinajstić information content (AvgIpc) is 2.73. The lowest BCUT2D eigenvalue weighted by Gasteiger charge is -2.39. The topological polar surface area (TPSA) is 65.4 Å². The molecule has 2 atom stereocenters. The van der Waals surface area contributed by atoms with Gasteiger partial charge in [-0.3, -0.25) is 4.98 Å². The Hall–Kier alpha value is -2.23. The number of fused-ring (bicyclic) bond motifs is 1. The molecule has 3 aromatic rings. The first-order valence-electron chi connectivity index (χ1n) is 9.66. The summed E-state index contributed by atoms with van der Waals surface area (Å²) < 4.78 is 57.6. The molecule has 0 bridgehead atoms. The monoisotopic (exact) mass is 488 g/mol. The van der Waals surface area contributed by atoms with Crippen molar-refractivity contribution in [2.45, 2.75) is 31.7 Å². The number of thioether (sulfide) groups is 1. The zero-order chi connectivity index (χ0) is 23.7. The summed E-state index contributed by atoms with van der Waals surface area (Å²) in [5, 5.41) is 23.7. The zero-order valence-corrected chi connectivity index (χ0v) is 18.7. The van der Waals surface area contributed by atoms with Crippen LogP contribution in [0, 0.1) is 12.7 Å². The highest BCUT2D eigenvalue weighted by atomic mass is 35.5. The molecule has 2 aromatic carbocycles. The number of phenols is 1. The van der Waals surface area contributed by atoms with Gasteiger partial charge in [-0.2, -0.15) is 24.9 Å². The van der Waals surface area contributed by atoms with Gasteiger partial charge in [-0.1, -0.05) is 30.7 Å². The molecule has 4 nitrogen and oxygen atoms in total. The van der Waals surface area contributed by atoms with Crippen LogP contribution in [0.4, 0.5) is 23.2 Å². The van der Waals surface area contributed by atoms with Crippen LogP contribution in [0.5, 0.6) is 5.75 Å². The van der Waals surface area contributed by atoms with E-state index in [4.69, 9.17) is 11.6 Å². The molecule has 0 aliphatic rings. The van der Waals surface area contributed by atoms with Crippen molar-refractivity contribution in [3.05, 3.63) is 64.6 Å². The Morgan fingerprint density at radius 1 is 1.16 bits per heavy atom. The summed E-state index contributed by atoms with van der Waals surface area (Å²) in [6.45, 7) is 3.43. The van der Waals surface area contributed by atoms with Gasteiger partial charge in [0.15, 0.2) is 17.2 Å². The molecule has 0 spiro atoms. The number of aromatic nitrogens is 1. The maximum atomic E-state index is 15.0. The lowest BCUT2D eigenvalue weighted by Crippen LogP contribution is -2.55. The van der Waals surface area contributed by atoms with Crippen LogP contribution in [-0.4, -0.2) is 38.5 Å². The number of phenolic OH excluding ortho intramolecular Hbond substituents is 1. The molecule has 0 radical (unpaired) electrons. The molecule has 10 heteroatoms. The first kappa shape index (κ1) is 24.4. The molecule has 0 amide bonds. The van der Waals surface area contributed by atoms with Gasteiger partial charge < -0.3 is 15.5 Å². The molecule has 32 heavy (non-hydrogen) atoms. The zero-order valence-electron chi connectivity index (χ0n) is 17.2. The van der Waals surface area contributed by atoms with Crippen molar-refractivity contribution in [2.24, 2.45) is 0 Å². The van der Waals surface area contributed by atoms with Crippen molar-refractivity contribution in [1.29, 1.82) is 0 Å². The number of benzene rings is 2. The SMILES string of the molecule is CCSC[C@@](O)([C@H](Nc1cccc2nc(C)ccc12)c1ccc(Cl)c(O)c1F)C(F)(F)F. The van der Waals surface area contributed by atoms with Gasteiger partial charge in [-0.15, -0.1) is 0 Å². The van der Waals surface area contributed by atoms with Gasteiger partial charge >= 0.3 is 6.18 Å². The number of aromatic hydroxyl groups is 1. The largest absolute Gasteiger partial charge is 0.504 e. The smallest absolute Gasteiger partial charge is 0.420 e. The highest BCUT2D eigenvalue weighted by Crippen LogP contribution is 2.46. The molecule has 0 aliphatic heterocycles. The van der Waals surface area contributed by atoms with E-state index in [-0.39, 0.29) is 10.7 Å². The maximum Gasteiger partial charge on any atom is 0.420 e. The number of rotatable bonds is 7. The van der Waals surface area contributed by atoms with Gasteiger partial charge in [0.2, 0.25) is 0 Å². The van der Waals surface area contributed by atoms with Gasteiger partial charge in [0, 0.05) is 28.1 Å². The number of halogens is 5. The van der Waals surface area contributed by atoms with E-state index in [1.54, 1.807) is 38.1 Å². The lowest BCUT2D eigenvalue weighted by atomic mass is 9.88. The van der Waals surface area contributed by atoms with E-state index in [9.17, 15) is 27.8 Å². The summed E-state index contributed by atoms with van der Waals surface area (Å²) in [7, 11) is 0. The number of aliphatic hydroxyl groups is 1. The molecular formula is C22H21ClF4N2O2S. The Labute approximate surface area is 191 Å². The minimum Gasteiger partial charge on any atom is -0.504 e. The molecule has 0 unspecified atom stereocenters. The number of alkyl halides is 3. The molecule has 3 N–H and O–H groups in total. The van der Waals surface area contributed by atoms with E-state index in [2.05, 4.69) is 10.3 Å². The van der Waals surface area contributed by atoms with Crippen LogP contribution < -0.4 is 5.32 Å². The molecule has 172 valence electrons. The molecule has 3 rings (SSSR count). The van der Waals surface area contributed by atoms with Crippen LogP contribution in [-0.2, 0) is 0 Å². The quantitative estimate of drug-likeness (QED) is 0.343. The van der Waals surface area contributed by atoms with Crippen LogP contribution in [0.25, 0.3) is 10.9 Å². The molecule has 0 saturated carbocycles. The minimum atomic E-state index is -5.12. The second kappa shape index (κ2) is 9.33. The Balaban J connectivity index is 2.23. The molecule has 1 heterocycles. The summed E-state index contributed by atoms with van der Waals surface area (Å²) in [5.41, 5.74) is -2.48. The molecule has 1 aromatic heterocycles. The fraction of sp³-hybridized carbons (Fsp3) is 0.318. The van der Waals surface area contributed by atoms with Gasteiger partial charge in [-0.25, -0.2) is 4.39 Å². The third kappa shape index (κ3) is 4.60.